The average Bonchev–Trinajstić information content (AvgIpc) is 3.28. The topological polar surface area (TPSA) is 72.5 Å². The zero-order chi connectivity index (χ0) is 15.1. The molecule has 0 atom stereocenters. The number of rotatable bonds is 8. The van der Waals surface area contributed by atoms with Crippen LogP contribution in [0.3, 0.4) is 0 Å². The summed E-state index contributed by atoms with van der Waals surface area (Å²) in [5.74, 6) is 2.59. The predicted molar refractivity (Wildman–Crippen MR) is 85.2 cm³/mol. The lowest BCUT2D eigenvalue weighted by molar-refractivity contribution is 0.288. The van der Waals surface area contributed by atoms with Crippen LogP contribution >= 0.6 is 0 Å². The zero-order valence-electron chi connectivity index (χ0n) is 13.0. The molecule has 0 amide bonds. The fourth-order valence-corrected chi connectivity index (χ4v) is 1.80. The second-order valence-corrected chi connectivity index (χ2v) is 6.07. The molecule has 1 heterocycles. The number of aromatic nitrogens is 1. The minimum absolute atomic E-state index is 0.490. The molecule has 5 nitrogen and oxygen atoms in total. The van der Waals surface area contributed by atoms with Gasteiger partial charge in [0.05, 0.1) is 13.2 Å². The van der Waals surface area contributed by atoms with Crippen molar-refractivity contribution in [3.63, 3.8) is 0 Å². The Kier molecular flexibility index (Phi) is 5.84. The van der Waals surface area contributed by atoms with Crippen molar-refractivity contribution in [2.45, 2.75) is 39.7 Å². The molecule has 3 N–H and O–H groups in total. The van der Waals surface area contributed by atoms with Gasteiger partial charge >= 0.3 is 0 Å². The van der Waals surface area contributed by atoms with Crippen LogP contribution < -0.4 is 15.8 Å². The smallest absolute Gasteiger partial charge is 0.213 e. The standard InChI is InChI=1S/C16H26N4O/c1-12(2)7-8-18-16(17)20-10-14-5-6-15(19-9-14)21-11-13-3-4-13/h5-6,9,12-13H,3-4,7-8,10-11H2,1-2H3,(H3,17,18,20). The number of nitrogens with zero attached hydrogens (tertiary/aromatic N) is 2. The SMILES string of the molecule is CC(C)CCNC(N)=NCc1ccc(OCC2CC2)nc1. The largest absolute Gasteiger partial charge is 0.477 e. The van der Waals surface area contributed by atoms with Crippen molar-refractivity contribution < 1.29 is 4.74 Å². The number of ether oxygens (including phenoxy) is 1. The van der Waals surface area contributed by atoms with Gasteiger partial charge in [-0.15, -0.1) is 0 Å². The molecule has 0 aliphatic heterocycles. The lowest BCUT2D eigenvalue weighted by atomic mass is 10.1. The van der Waals surface area contributed by atoms with E-state index in [2.05, 4.69) is 29.1 Å². The van der Waals surface area contributed by atoms with Gasteiger partial charge < -0.3 is 15.8 Å². The van der Waals surface area contributed by atoms with E-state index >= 15 is 0 Å². The summed E-state index contributed by atoms with van der Waals surface area (Å²) < 4.78 is 5.60. The zero-order valence-corrected chi connectivity index (χ0v) is 13.0. The molecule has 0 unspecified atom stereocenters. The Hall–Kier alpha value is -1.78. The Balaban J connectivity index is 1.71. The third-order valence-electron chi connectivity index (χ3n) is 3.42. The summed E-state index contributed by atoms with van der Waals surface area (Å²) >= 11 is 0. The van der Waals surface area contributed by atoms with Crippen LogP contribution in [-0.2, 0) is 6.54 Å². The van der Waals surface area contributed by atoms with Crippen LogP contribution in [0, 0.1) is 11.8 Å². The van der Waals surface area contributed by atoms with E-state index in [1.54, 1.807) is 6.20 Å². The lowest BCUT2D eigenvalue weighted by Gasteiger charge is -2.07. The van der Waals surface area contributed by atoms with Gasteiger partial charge in [-0.3, -0.25) is 0 Å². The number of pyridine rings is 1. The van der Waals surface area contributed by atoms with Crippen molar-refractivity contribution in [2.24, 2.45) is 22.6 Å². The normalized spacial score (nSPS) is 15.3. The van der Waals surface area contributed by atoms with Crippen LogP contribution in [0.1, 0.15) is 38.7 Å². The monoisotopic (exact) mass is 290 g/mol. The predicted octanol–water partition coefficient (Wildman–Crippen LogP) is 2.32. The molecule has 0 saturated heterocycles. The second kappa shape index (κ2) is 7.86. The Morgan fingerprint density at radius 2 is 2.29 bits per heavy atom. The molecule has 1 saturated carbocycles. The minimum atomic E-state index is 0.490. The highest BCUT2D eigenvalue weighted by atomic mass is 16.5. The van der Waals surface area contributed by atoms with Gasteiger partial charge in [-0.25, -0.2) is 9.98 Å². The third kappa shape index (κ3) is 6.47. The number of nitrogens with two attached hydrogens (primary N) is 1. The van der Waals surface area contributed by atoms with Gasteiger partial charge in [0.1, 0.15) is 0 Å². The molecule has 1 aromatic heterocycles. The average molecular weight is 290 g/mol. The molecule has 0 aromatic carbocycles. The van der Waals surface area contributed by atoms with Crippen molar-refractivity contribution in [3.8, 4) is 5.88 Å². The number of nitrogens with one attached hydrogen (secondary N) is 1. The summed E-state index contributed by atoms with van der Waals surface area (Å²) in [4.78, 5) is 8.60. The molecule has 1 aliphatic carbocycles. The van der Waals surface area contributed by atoms with Crippen molar-refractivity contribution in [1.82, 2.24) is 10.3 Å². The first-order valence-electron chi connectivity index (χ1n) is 7.75. The van der Waals surface area contributed by atoms with Gasteiger partial charge in [0, 0.05) is 18.8 Å². The maximum Gasteiger partial charge on any atom is 0.213 e. The van der Waals surface area contributed by atoms with Crippen LogP contribution in [0.2, 0.25) is 0 Å². The third-order valence-corrected chi connectivity index (χ3v) is 3.42. The number of guanidine groups is 1. The maximum atomic E-state index is 5.82. The molecular weight excluding hydrogens is 264 g/mol. The Bertz CT molecular complexity index is 452. The van der Waals surface area contributed by atoms with Crippen LogP contribution in [0.4, 0.5) is 0 Å². The van der Waals surface area contributed by atoms with Gasteiger partial charge in [-0.2, -0.15) is 0 Å². The van der Waals surface area contributed by atoms with E-state index < -0.39 is 0 Å². The second-order valence-electron chi connectivity index (χ2n) is 6.07. The van der Waals surface area contributed by atoms with Crippen molar-refractivity contribution in [3.05, 3.63) is 23.9 Å². The number of hydrogen-bond donors (Lipinski definition) is 2. The molecule has 1 aliphatic rings. The van der Waals surface area contributed by atoms with E-state index in [0.29, 0.717) is 24.3 Å². The fourth-order valence-electron chi connectivity index (χ4n) is 1.80. The van der Waals surface area contributed by atoms with Gasteiger partial charge in [-0.1, -0.05) is 19.9 Å². The maximum absolute atomic E-state index is 5.82. The lowest BCUT2D eigenvalue weighted by Crippen LogP contribution is -2.32. The molecule has 0 radical (unpaired) electrons. The summed E-state index contributed by atoms with van der Waals surface area (Å²) in [6.07, 6.45) is 5.46. The van der Waals surface area contributed by atoms with Gasteiger partial charge in [0.25, 0.3) is 0 Å². The fraction of sp³-hybridized carbons (Fsp3) is 0.625. The highest BCUT2D eigenvalue weighted by molar-refractivity contribution is 5.77. The molecule has 1 aromatic rings. The number of aliphatic imine (C=N–C) groups is 1. The van der Waals surface area contributed by atoms with E-state index in [0.717, 1.165) is 31.1 Å². The molecule has 0 bridgehead atoms. The van der Waals surface area contributed by atoms with Gasteiger partial charge in [0.2, 0.25) is 5.88 Å². The van der Waals surface area contributed by atoms with Crippen LogP contribution in [0.25, 0.3) is 0 Å². The first-order chi connectivity index (χ1) is 10.1. The van der Waals surface area contributed by atoms with E-state index in [4.69, 9.17) is 10.5 Å². The van der Waals surface area contributed by atoms with Crippen molar-refractivity contribution in [2.75, 3.05) is 13.2 Å². The quantitative estimate of drug-likeness (QED) is 0.569. The van der Waals surface area contributed by atoms with Crippen molar-refractivity contribution in [1.29, 1.82) is 0 Å². The van der Waals surface area contributed by atoms with E-state index in [1.165, 1.54) is 12.8 Å². The summed E-state index contributed by atoms with van der Waals surface area (Å²) in [6.45, 7) is 6.56. The molecular formula is C16H26N4O. The van der Waals surface area contributed by atoms with Crippen LogP contribution in [0.15, 0.2) is 23.3 Å². The highest BCUT2D eigenvalue weighted by Gasteiger charge is 2.21. The summed E-state index contributed by atoms with van der Waals surface area (Å²) in [7, 11) is 0. The Labute approximate surface area is 127 Å². The molecule has 2 rings (SSSR count). The molecule has 21 heavy (non-hydrogen) atoms. The minimum Gasteiger partial charge on any atom is -0.477 e. The van der Waals surface area contributed by atoms with E-state index in [9.17, 15) is 0 Å². The van der Waals surface area contributed by atoms with E-state index in [-0.39, 0.29) is 0 Å². The van der Waals surface area contributed by atoms with Gasteiger partial charge in [-0.05, 0) is 36.7 Å². The van der Waals surface area contributed by atoms with E-state index in [1.807, 2.05) is 12.1 Å². The first kappa shape index (κ1) is 15.6. The van der Waals surface area contributed by atoms with Crippen LogP contribution in [0.5, 0.6) is 5.88 Å². The molecule has 0 spiro atoms. The van der Waals surface area contributed by atoms with Crippen molar-refractivity contribution >= 4 is 5.96 Å². The molecule has 1 fully saturated rings. The van der Waals surface area contributed by atoms with Crippen LogP contribution in [-0.4, -0.2) is 24.1 Å². The summed E-state index contributed by atoms with van der Waals surface area (Å²) in [5.41, 5.74) is 6.85. The summed E-state index contributed by atoms with van der Waals surface area (Å²) in [5, 5.41) is 3.12. The molecule has 5 heteroatoms. The first-order valence-corrected chi connectivity index (χ1v) is 7.75. The summed E-state index contributed by atoms with van der Waals surface area (Å²) in [6, 6.07) is 3.88. The highest BCUT2D eigenvalue weighted by Crippen LogP contribution is 2.29. The Morgan fingerprint density at radius 3 is 2.90 bits per heavy atom. The Morgan fingerprint density at radius 1 is 1.48 bits per heavy atom. The molecule has 116 valence electrons. The number of hydrogen-bond acceptors (Lipinski definition) is 3. The van der Waals surface area contributed by atoms with Gasteiger partial charge in [0.15, 0.2) is 5.96 Å².